The Kier molecular flexibility index (Phi) is 4.50. The lowest BCUT2D eigenvalue weighted by Crippen LogP contribution is -2.22. The highest BCUT2D eigenvalue weighted by Gasteiger charge is 2.21. The van der Waals surface area contributed by atoms with Gasteiger partial charge in [0, 0.05) is 10.7 Å². The molecule has 0 heterocycles. The summed E-state index contributed by atoms with van der Waals surface area (Å²) in [6, 6.07) is 34.3. The Hall–Kier alpha value is -2.63. The van der Waals surface area contributed by atoms with Gasteiger partial charge >= 0.3 is 0 Å². The molecule has 0 radical (unpaired) electrons. The quantitative estimate of drug-likeness (QED) is 0.492. The zero-order valence-corrected chi connectivity index (χ0v) is 15.0. The smallest absolute Gasteiger partial charge is 0.134 e. The Balaban J connectivity index is 1.98. The predicted molar refractivity (Wildman–Crippen MR) is 109 cm³/mol. The third-order valence-corrected chi connectivity index (χ3v) is 6.80. The van der Waals surface area contributed by atoms with Gasteiger partial charge in [0.2, 0.25) is 0 Å². The van der Waals surface area contributed by atoms with Crippen molar-refractivity contribution in [3.05, 3.63) is 97.1 Å². The summed E-state index contributed by atoms with van der Waals surface area (Å²) in [7, 11) is 1.10. The molecule has 0 spiro atoms. The Bertz CT molecular complexity index is 941. The predicted octanol–water partition coefficient (Wildman–Crippen LogP) is 4.61. The van der Waals surface area contributed by atoms with Crippen LogP contribution in [0.3, 0.4) is 0 Å². The minimum atomic E-state index is -0.671. The van der Waals surface area contributed by atoms with Gasteiger partial charge in [-0.05, 0) is 30.0 Å². The maximum atomic E-state index is 5.90. The van der Waals surface area contributed by atoms with Crippen LogP contribution in [-0.2, 0) is 0 Å². The van der Waals surface area contributed by atoms with Crippen molar-refractivity contribution in [2.75, 3.05) is 7.11 Å². The largest absolute Gasteiger partial charge is 0.495 e. The summed E-state index contributed by atoms with van der Waals surface area (Å²) < 4.78 is 5.90. The number of ether oxygens (including phenoxy) is 1. The van der Waals surface area contributed by atoms with E-state index in [2.05, 4.69) is 97.1 Å². The minimum absolute atomic E-state index is 0.671. The lowest BCUT2D eigenvalue weighted by molar-refractivity contribution is 0.423. The molecule has 25 heavy (non-hydrogen) atoms. The average molecular weight is 342 g/mol. The number of methoxy groups -OCH3 is 1. The van der Waals surface area contributed by atoms with Crippen molar-refractivity contribution in [3.8, 4) is 5.75 Å². The summed E-state index contributed by atoms with van der Waals surface area (Å²) in [4.78, 5) is 0. The molecule has 0 aromatic heterocycles. The zero-order chi connectivity index (χ0) is 17.1. The first-order chi connectivity index (χ1) is 12.4. The minimum Gasteiger partial charge on any atom is -0.495 e. The van der Waals surface area contributed by atoms with Gasteiger partial charge in [-0.1, -0.05) is 91.0 Å². The van der Waals surface area contributed by atoms with Gasteiger partial charge in [0.1, 0.15) is 5.75 Å². The summed E-state index contributed by atoms with van der Waals surface area (Å²) in [5, 5.41) is 6.30. The Morgan fingerprint density at radius 3 is 1.76 bits per heavy atom. The number of fused-ring (bicyclic) bond motifs is 1. The molecule has 4 aromatic rings. The summed E-state index contributed by atoms with van der Waals surface area (Å²) in [6.45, 7) is 0. The molecule has 0 N–H and O–H groups in total. The highest BCUT2D eigenvalue weighted by molar-refractivity contribution is 7.80. The molecule has 0 fully saturated rings. The molecule has 0 unspecified atom stereocenters. The van der Waals surface area contributed by atoms with Crippen molar-refractivity contribution < 1.29 is 4.74 Å². The van der Waals surface area contributed by atoms with E-state index in [0.717, 1.165) is 5.75 Å². The average Bonchev–Trinajstić information content (AvgIpc) is 2.69. The van der Waals surface area contributed by atoms with Gasteiger partial charge < -0.3 is 4.74 Å². The third kappa shape index (κ3) is 3.04. The molecule has 0 atom stereocenters. The van der Waals surface area contributed by atoms with Crippen LogP contribution < -0.4 is 20.7 Å². The first-order valence-electron chi connectivity index (χ1n) is 8.34. The van der Waals surface area contributed by atoms with Crippen molar-refractivity contribution >= 4 is 34.6 Å². The van der Waals surface area contributed by atoms with E-state index in [1.54, 1.807) is 7.11 Å². The maximum Gasteiger partial charge on any atom is 0.134 e. The van der Waals surface area contributed by atoms with Crippen molar-refractivity contribution in [3.63, 3.8) is 0 Å². The van der Waals surface area contributed by atoms with Crippen LogP contribution in [0.1, 0.15) is 0 Å². The molecule has 0 aliphatic carbocycles. The second-order valence-electron chi connectivity index (χ2n) is 5.85. The van der Waals surface area contributed by atoms with E-state index < -0.39 is 7.92 Å². The molecular weight excluding hydrogens is 323 g/mol. The maximum absolute atomic E-state index is 5.90. The van der Waals surface area contributed by atoms with E-state index in [0.29, 0.717) is 0 Å². The fourth-order valence-corrected chi connectivity index (χ4v) is 5.64. The molecule has 4 rings (SSSR count). The van der Waals surface area contributed by atoms with Crippen molar-refractivity contribution in [2.24, 2.45) is 0 Å². The molecule has 0 bridgehead atoms. The van der Waals surface area contributed by atoms with Gasteiger partial charge in [0.25, 0.3) is 0 Å². The number of rotatable bonds is 4. The fourth-order valence-electron chi connectivity index (χ4n) is 3.20. The lowest BCUT2D eigenvalue weighted by Gasteiger charge is -2.22. The summed E-state index contributed by atoms with van der Waals surface area (Å²) in [6.07, 6.45) is 0. The molecule has 0 aliphatic heterocycles. The van der Waals surface area contributed by atoms with Crippen LogP contribution in [0, 0.1) is 0 Å². The van der Waals surface area contributed by atoms with Crippen LogP contribution in [0.2, 0.25) is 0 Å². The molecule has 2 heteroatoms. The Morgan fingerprint density at radius 1 is 0.600 bits per heavy atom. The lowest BCUT2D eigenvalue weighted by atomic mass is 10.1. The monoisotopic (exact) mass is 342 g/mol. The van der Waals surface area contributed by atoms with Crippen LogP contribution >= 0.6 is 7.92 Å². The molecule has 0 aliphatic rings. The highest BCUT2D eigenvalue weighted by atomic mass is 31.1. The first kappa shape index (κ1) is 15.9. The molecule has 0 saturated carbocycles. The van der Waals surface area contributed by atoms with Gasteiger partial charge in [0.15, 0.2) is 0 Å². The van der Waals surface area contributed by atoms with Gasteiger partial charge in [-0.2, -0.15) is 0 Å². The molecule has 122 valence electrons. The van der Waals surface area contributed by atoms with Gasteiger partial charge in [-0.15, -0.1) is 0 Å². The van der Waals surface area contributed by atoms with Gasteiger partial charge in [-0.25, -0.2) is 0 Å². The van der Waals surface area contributed by atoms with E-state index >= 15 is 0 Å². The molecular formula is C23H19OP. The van der Waals surface area contributed by atoms with E-state index in [1.165, 1.54) is 26.7 Å². The highest BCUT2D eigenvalue weighted by Crippen LogP contribution is 2.39. The first-order valence-corrected chi connectivity index (χ1v) is 9.68. The standard InChI is InChI=1S/C23H19OP/c1-24-23-21-15-9-8-10-18(21)16-17-22(23)25(19-11-4-2-5-12-19)20-13-6-3-7-14-20/h2-17H,1H3. The topological polar surface area (TPSA) is 9.23 Å². The second kappa shape index (κ2) is 7.09. The summed E-state index contributed by atoms with van der Waals surface area (Å²) in [5.41, 5.74) is 0. The Morgan fingerprint density at radius 2 is 1.16 bits per heavy atom. The van der Waals surface area contributed by atoms with Crippen LogP contribution in [0.5, 0.6) is 5.75 Å². The summed E-state index contributed by atoms with van der Waals surface area (Å²) in [5.74, 6) is 0.983. The zero-order valence-electron chi connectivity index (χ0n) is 14.1. The normalized spacial score (nSPS) is 11.0. The second-order valence-corrected chi connectivity index (χ2v) is 8.03. The van der Waals surface area contributed by atoms with Crippen molar-refractivity contribution in [2.45, 2.75) is 0 Å². The van der Waals surface area contributed by atoms with Crippen LogP contribution in [0.4, 0.5) is 0 Å². The van der Waals surface area contributed by atoms with Gasteiger partial charge in [0.05, 0.1) is 7.11 Å². The van der Waals surface area contributed by atoms with Crippen LogP contribution in [0.15, 0.2) is 97.1 Å². The van der Waals surface area contributed by atoms with Gasteiger partial charge in [-0.3, -0.25) is 0 Å². The molecule has 4 aromatic carbocycles. The van der Waals surface area contributed by atoms with Crippen LogP contribution in [-0.4, -0.2) is 7.11 Å². The molecule has 1 nitrogen and oxygen atoms in total. The van der Waals surface area contributed by atoms with Crippen molar-refractivity contribution in [1.29, 1.82) is 0 Å². The number of benzene rings is 4. The third-order valence-electron chi connectivity index (χ3n) is 4.33. The van der Waals surface area contributed by atoms with E-state index in [-0.39, 0.29) is 0 Å². The summed E-state index contributed by atoms with van der Waals surface area (Å²) >= 11 is 0. The molecule has 0 amide bonds. The number of hydrogen-bond donors (Lipinski definition) is 0. The Labute approximate surface area is 149 Å². The number of hydrogen-bond acceptors (Lipinski definition) is 1. The van der Waals surface area contributed by atoms with Crippen LogP contribution in [0.25, 0.3) is 10.8 Å². The van der Waals surface area contributed by atoms with Crippen molar-refractivity contribution in [1.82, 2.24) is 0 Å². The van der Waals surface area contributed by atoms with E-state index in [1.807, 2.05) is 0 Å². The SMILES string of the molecule is COc1c(P(c2ccccc2)c2ccccc2)ccc2ccccc12. The van der Waals surface area contributed by atoms with E-state index in [4.69, 9.17) is 4.74 Å². The van der Waals surface area contributed by atoms with E-state index in [9.17, 15) is 0 Å². The molecule has 0 saturated heterocycles. The fraction of sp³-hybridized carbons (Fsp3) is 0.0435.